The number of nitrogens with zero attached hydrogens (tertiary/aromatic N) is 3. The average molecular weight is 367 g/mol. The summed E-state index contributed by atoms with van der Waals surface area (Å²) in [5, 5.41) is 12.1. The lowest BCUT2D eigenvalue weighted by Gasteiger charge is -2.04. The summed E-state index contributed by atoms with van der Waals surface area (Å²) in [6.07, 6.45) is 0. The zero-order valence-corrected chi connectivity index (χ0v) is 14.1. The first-order valence-corrected chi connectivity index (χ1v) is 8.16. The van der Waals surface area contributed by atoms with Gasteiger partial charge in [-0.25, -0.2) is 4.39 Å². The molecule has 0 fully saturated rings. The molecule has 4 rings (SSSR count). The Morgan fingerprint density at radius 1 is 0.923 bits per heavy atom. The monoisotopic (exact) mass is 366 g/mol. The normalized spacial score (nSPS) is 10.8. The van der Waals surface area contributed by atoms with E-state index in [0.29, 0.717) is 33.0 Å². The van der Waals surface area contributed by atoms with E-state index in [0.717, 1.165) is 0 Å². The molecule has 7 heteroatoms. The molecule has 3 aromatic carbocycles. The van der Waals surface area contributed by atoms with Gasteiger partial charge in [0.1, 0.15) is 16.9 Å². The number of amides is 1. The van der Waals surface area contributed by atoms with Crippen molar-refractivity contribution < 1.29 is 9.18 Å². The Balaban J connectivity index is 1.60. The summed E-state index contributed by atoms with van der Waals surface area (Å²) in [4.78, 5) is 13.7. The van der Waals surface area contributed by atoms with Crippen LogP contribution in [0.15, 0.2) is 66.7 Å². The maximum absolute atomic E-state index is 13.0. The van der Waals surface area contributed by atoms with E-state index in [1.54, 1.807) is 54.6 Å². The lowest BCUT2D eigenvalue weighted by molar-refractivity contribution is 0.102. The van der Waals surface area contributed by atoms with Gasteiger partial charge >= 0.3 is 0 Å². The highest BCUT2D eigenvalue weighted by Crippen LogP contribution is 2.19. The van der Waals surface area contributed by atoms with Gasteiger partial charge in [-0.3, -0.25) is 4.79 Å². The summed E-state index contributed by atoms with van der Waals surface area (Å²) in [5.74, 6) is -0.565. The number of carbonyl (C=O) groups is 1. The summed E-state index contributed by atoms with van der Waals surface area (Å²) in [6.45, 7) is 0. The second kappa shape index (κ2) is 6.57. The molecule has 26 heavy (non-hydrogen) atoms. The van der Waals surface area contributed by atoms with Gasteiger partial charge in [-0.2, -0.15) is 4.80 Å². The Labute approximate surface area is 153 Å². The Bertz CT molecular complexity index is 1090. The molecule has 0 atom stereocenters. The third kappa shape index (κ3) is 3.27. The fourth-order valence-corrected chi connectivity index (χ4v) is 2.61. The van der Waals surface area contributed by atoms with E-state index in [-0.39, 0.29) is 11.7 Å². The minimum atomic E-state index is -0.322. The quantitative estimate of drug-likeness (QED) is 0.582. The van der Waals surface area contributed by atoms with Crippen LogP contribution >= 0.6 is 11.6 Å². The fourth-order valence-electron chi connectivity index (χ4n) is 2.49. The van der Waals surface area contributed by atoms with Crippen molar-refractivity contribution in [2.24, 2.45) is 0 Å². The van der Waals surface area contributed by atoms with E-state index in [4.69, 9.17) is 11.6 Å². The summed E-state index contributed by atoms with van der Waals surface area (Å²) in [6, 6.07) is 17.8. The highest BCUT2D eigenvalue weighted by atomic mass is 35.5. The maximum Gasteiger partial charge on any atom is 0.255 e. The van der Waals surface area contributed by atoms with Crippen molar-refractivity contribution in [2.45, 2.75) is 0 Å². The Morgan fingerprint density at radius 3 is 2.35 bits per heavy atom. The number of rotatable bonds is 3. The molecule has 0 saturated carbocycles. The first kappa shape index (κ1) is 16.2. The van der Waals surface area contributed by atoms with Gasteiger partial charge in [0.15, 0.2) is 0 Å². The molecule has 5 nitrogen and oxygen atoms in total. The largest absolute Gasteiger partial charge is 0.322 e. The van der Waals surface area contributed by atoms with Gasteiger partial charge in [0, 0.05) is 16.3 Å². The molecule has 0 radical (unpaired) electrons. The SMILES string of the molecule is O=C(Nc1ccc2nn(-c3ccc(F)cc3)nc2c1)c1ccc(Cl)cc1. The third-order valence-corrected chi connectivity index (χ3v) is 4.05. The maximum atomic E-state index is 13.0. The molecule has 0 saturated heterocycles. The van der Waals surface area contributed by atoms with E-state index in [9.17, 15) is 9.18 Å². The van der Waals surface area contributed by atoms with Crippen LogP contribution in [0.5, 0.6) is 0 Å². The number of carbonyl (C=O) groups excluding carboxylic acids is 1. The highest BCUT2D eigenvalue weighted by molar-refractivity contribution is 6.30. The lowest BCUT2D eigenvalue weighted by Crippen LogP contribution is -2.11. The second-order valence-corrected chi connectivity index (χ2v) is 6.07. The zero-order valence-electron chi connectivity index (χ0n) is 13.4. The van der Waals surface area contributed by atoms with Gasteiger partial charge < -0.3 is 5.32 Å². The van der Waals surface area contributed by atoms with Crippen LogP contribution in [0.4, 0.5) is 10.1 Å². The fraction of sp³-hybridized carbons (Fsp3) is 0. The van der Waals surface area contributed by atoms with E-state index in [1.165, 1.54) is 16.9 Å². The van der Waals surface area contributed by atoms with Gasteiger partial charge in [0.2, 0.25) is 0 Å². The minimum absolute atomic E-state index is 0.244. The summed E-state index contributed by atoms with van der Waals surface area (Å²) < 4.78 is 13.0. The summed E-state index contributed by atoms with van der Waals surface area (Å²) >= 11 is 5.83. The Hall–Kier alpha value is -3.25. The molecular formula is C19H12ClFN4O. The first-order chi connectivity index (χ1) is 12.6. The van der Waals surface area contributed by atoms with Crippen molar-refractivity contribution >= 4 is 34.2 Å². The smallest absolute Gasteiger partial charge is 0.255 e. The van der Waals surface area contributed by atoms with Crippen LogP contribution in [0.2, 0.25) is 5.02 Å². The van der Waals surface area contributed by atoms with Crippen LogP contribution in [0.3, 0.4) is 0 Å². The molecule has 1 aromatic heterocycles. The number of fused-ring (bicyclic) bond motifs is 1. The first-order valence-electron chi connectivity index (χ1n) is 7.78. The van der Waals surface area contributed by atoms with Gasteiger partial charge in [-0.05, 0) is 66.7 Å². The number of hydrogen-bond donors (Lipinski definition) is 1. The number of anilines is 1. The summed E-state index contributed by atoms with van der Waals surface area (Å²) in [7, 11) is 0. The predicted octanol–water partition coefficient (Wildman–Crippen LogP) is 4.47. The lowest BCUT2D eigenvalue weighted by atomic mass is 10.2. The molecule has 0 aliphatic rings. The van der Waals surface area contributed by atoms with Crippen molar-refractivity contribution in [3.05, 3.63) is 83.1 Å². The molecule has 4 aromatic rings. The van der Waals surface area contributed by atoms with Gasteiger partial charge in [-0.15, -0.1) is 10.2 Å². The van der Waals surface area contributed by atoms with Crippen LogP contribution in [0.1, 0.15) is 10.4 Å². The molecular weight excluding hydrogens is 355 g/mol. The van der Waals surface area contributed by atoms with Crippen molar-refractivity contribution in [1.82, 2.24) is 15.0 Å². The topological polar surface area (TPSA) is 59.8 Å². The molecule has 0 unspecified atom stereocenters. The van der Waals surface area contributed by atoms with Crippen LogP contribution in [0, 0.1) is 5.82 Å². The molecule has 0 spiro atoms. The van der Waals surface area contributed by atoms with E-state index in [2.05, 4.69) is 15.5 Å². The highest BCUT2D eigenvalue weighted by Gasteiger charge is 2.09. The van der Waals surface area contributed by atoms with Gasteiger partial charge in [0.05, 0.1) is 5.69 Å². The Morgan fingerprint density at radius 2 is 1.62 bits per heavy atom. The van der Waals surface area contributed by atoms with Crippen LogP contribution in [-0.4, -0.2) is 20.9 Å². The molecule has 1 heterocycles. The number of aromatic nitrogens is 3. The van der Waals surface area contributed by atoms with E-state index >= 15 is 0 Å². The average Bonchev–Trinajstić information content (AvgIpc) is 3.06. The predicted molar refractivity (Wildman–Crippen MR) is 98.2 cm³/mol. The number of benzene rings is 3. The van der Waals surface area contributed by atoms with Gasteiger partial charge in [-0.1, -0.05) is 11.6 Å². The van der Waals surface area contributed by atoms with Crippen molar-refractivity contribution in [2.75, 3.05) is 5.32 Å². The number of nitrogens with one attached hydrogen (secondary N) is 1. The third-order valence-electron chi connectivity index (χ3n) is 3.80. The zero-order chi connectivity index (χ0) is 18.1. The Kier molecular flexibility index (Phi) is 4.10. The van der Waals surface area contributed by atoms with Crippen LogP contribution in [0.25, 0.3) is 16.7 Å². The second-order valence-electron chi connectivity index (χ2n) is 5.63. The van der Waals surface area contributed by atoms with Gasteiger partial charge in [0.25, 0.3) is 5.91 Å². The van der Waals surface area contributed by atoms with Crippen molar-refractivity contribution in [1.29, 1.82) is 0 Å². The van der Waals surface area contributed by atoms with Crippen LogP contribution in [-0.2, 0) is 0 Å². The standard InChI is InChI=1S/C19H12ClFN4O/c20-13-3-1-12(2-4-13)19(26)22-15-7-10-17-18(11-15)24-25(23-17)16-8-5-14(21)6-9-16/h1-11H,(H,22,26). The van der Waals surface area contributed by atoms with E-state index < -0.39 is 0 Å². The van der Waals surface area contributed by atoms with Crippen molar-refractivity contribution in [3.63, 3.8) is 0 Å². The molecule has 1 N–H and O–H groups in total. The number of halogens is 2. The molecule has 1 amide bonds. The molecule has 0 bridgehead atoms. The van der Waals surface area contributed by atoms with Crippen molar-refractivity contribution in [3.8, 4) is 5.69 Å². The molecule has 128 valence electrons. The van der Waals surface area contributed by atoms with Crippen LogP contribution < -0.4 is 5.32 Å². The molecule has 0 aliphatic carbocycles. The van der Waals surface area contributed by atoms with E-state index in [1.807, 2.05) is 0 Å². The minimum Gasteiger partial charge on any atom is -0.322 e. The molecule has 0 aliphatic heterocycles. The number of hydrogen-bond acceptors (Lipinski definition) is 3. The summed E-state index contributed by atoms with van der Waals surface area (Å²) in [5.41, 5.74) is 3.03.